The molecule has 108 heavy (non-hydrogen) atoms. The Hall–Kier alpha value is -12.2. The molecule has 0 saturated heterocycles. The van der Waals surface area contributed by atoms with Crippen LogP contribution in [0.5, 0.6) is 0 Å². The van der Waals surface area contributed by atoms with Crippen LogP contribution in [0.3, 0.4) is 0 Å². The van der Waals surface area contributed by atoms with Gasteiger partial charge in [0, 0.05) is 92.7 Å². The van der Waals surface area contributed by atoms with Crippen molar-refractivity contribution in [2.75, 3.05) is 9.80 Å². The van der Waals surface area contributed by atoms with Gasteiger partial charge in [0.25, 0.3) is 6.71 Å². The molecular weight excluding hydrogens is 1320 g/mol. The second kappa shape index (κ2) is 24.7. The predicted molar refractivity (Wildman–Crippen MR) is 465 cm³/mol. The normalized spacial score (nSPS) is 14.0. The van der Waals surface area contributed by atoms with Crippen molar-refractivity contribution in [3.8, 4) is 67.0 Å². The van der Waals surface area contributed by atoms with Crippen LogP contribution < -0.4 is 26.2 Å². The largest absolute Gasteiger partial charge is 0.311 e. The van der Waals surface area contributed by atoms with Gasteiger partial charge in [-0.05, 0) is 209 Å². The van der Waals surface area contributed by atoms with E-state index in [2.05, 4.69) is 338 Å². The third kappa shape index (κ3) is 10.5. The highest BCUT2D eigenvalue weighted by atomic mass is 32.1. The lowest BCUT2D eigenvalue weighted by molar-refractivity contribution is 0.590. The third-order valence-electron chi connectivity index (χ3n) is 22.6. The lowest BCUT2D eigenvalue weighted by Crippen LogP contribution is -2.61. The molecule has 0 N–H and O–H groups in total. The Bertz CT molecular complexity index is 6930. The summed E-state index contributed by atoms with van der Waals surface area (Å²) < 4.78 is 82.4. The van der Waals surface area contributed by atoms with Gasteiger partial charge in [0.05, 0.1) is 38.7 Å². The second-order valence-corrected chi connectivity index (χ2v) is 33.4. The lowest BCUT2D eigenvalue weighted by atomic mass is 9.33. The summed E-state index contributed by atoms with van der Waals surface area (Å²) in [5.74, 6) is 0. The Kier molecular flexibility index (Phi) is 13.0. The van der Waals surface area contributed by atoms with Crippen molar-refractivity contribution in [3.63, 3.8) is 0 Å². The van der Waals surface area contributed by atoms with Crippen LogP contribution in [0.2, 0.25) is 0 Å². The minimum Gasteiger partial charge on any atom is -0.311 e. The zero-order chi connectivity index (χ0) is 80.0. The summed E-state index contributed by atoms with van der Waals surface area (Å²) in [6.45, 7) is 20.1. The zero-order valence-electron chi connectivity index (χ0n) is 69.8. The fourth-order valence-electron chi connectivity index (χ4n) is 17.2. The van der Waals surface area contributed by atoms with E-state index in [4.69, 9.17) is 2.74 Å². The van der Waals surface area contributed by atoms with E-state index in [1.54, 1.807) is 15.9 Å². The van der Waals surface area contributed by atoms with Gasteiger partial charge < -0.3 is 18.9 Å². The minimum atomic E-state index is -0.526. The molecule has 0 atom stereocenters. The molecule has 15 aromatic carbocycles. The van der Waals surface area contributed by atoms with E-state index in [9.17, 15) is 8.22 Å². The maximum absolute atomic E-state index is 9.90. The molecule has 20 rings (SSSR count). The standard InChI is InChI=1S/C102H81BN4S/c1-100(2,3)71-45-51-89-83(58-71)84-59-72(101(4,5)6)46-52-90(84)105(89)75-48-50-86-92(63-75)107(99-81(66-33-18-12-19-34-66)60-73(102(7,8)9)61-82(99)67-35-20-13-21-36-67)94-57-70(77-40-28-44-96-97(77)80-39-24-27-43-95(80)108-96)56-93-98(94)103(86)85-49-47-74(104-87-41-25-22-37-78(87)79-38-23-26-42-88(79)104)62-91(85)106(93)76-54-68(64-29-14-10-15-30-64)53-69(55-76)65-31-16-11-17-32-65/h10-63H,1-9H3/i22D,23D,25D,26D,37D,38D,41D,42D. The quantitative estimate of drug-likeness (QED) is 0.134. The number of para-hydroxylation sites is 2. The molecule has 5 heterocycles. The first-order valence-electron chi connectivity index (χ1n) is 41.4. The molecule has 0 fully saturated rings. The van der Waals surface area contributed by atoms with Crippen molar-refractivity contribution in [1.29, 1.82) is 0 Å². The van der Waals surface area contributed by atoms with Crippen molar-refractivity contribution in [2.45, 2.75) is 78.6 Å². The molecule has 0 spiro atoms. The number of aromatic nitrogens is 2. The number of hydrogen-bond donors (Lipinski definition) is 0. The van der Waals surface area contributed by atoms with Gasteiger partial charge in [0.15, 0.2) is 0 Å². The average molecular weight is 1410 g/mol. The maximum Gasteiger partial charge on any atom is 0.252 e. The molecule has 0 aliphatic carbocycles. The first-order valence-corrected chi connectivity index (χ1v) is 38.2. The van der Waals surface area contributed by atoms with Gasteiger partial charge in [-0.15, -0.1) is 11.3 Å². The van der Waals surface area contributed by atoms with Crippen LogP contribution in [-0.4, -0.2) is 15.8 Å². The molecule has 4 nitrogen and oxygen atoms in total. The number of nitrogens with zero attached hydrogens (tertiary/aromatic N) is 4. The highest BCUT2D eigenvalue weighted by molar-refractivity contribution is 7.26. The molecule has 2 aliphatic rings. The van der Waals surface area contributed by atoms with Crippen LogP contribution in [0, 0.1) is 0 Å². The SMILES string of the molecule is [2H]c1c([2H])c([2H])c2c(c1[2H])c1c([2H])c([2H])c([2H])c([2H])c1n2-c1ccc2c(c1)N(c1cc(-c3ccccc3)cc(-c3ccccc3)c1)c1cc(-c3cccc4sc5ccccc5c34)cc3c1B2c1ccc(-n2c4ccc(C(C)(C)C)cc4c4cc(C(C)(C)C)ccc42)cc1N3c1c(-c2ccccc2)cc(C(C)(C)C)cc1-c1ccccc1. The molecule has 0 unspecified atom stereocenters. The van der Waals surface area contributed by atoms with Crippen molar-refractivity contribution in [2.24, 2.45) is 0 Å². The first kappa shape index (κ1) is 57.1. The van der Waals surface area contributed by atoms with Crippen LogP contribution in [0.4, 0.5) is 34.1 Å². The van der Waals surface area contributed by atoms with Gasteiger partial charge in [0.2, 0.25) is 0 Å². The Balaban J connectivity index is 0.991. The number of thiophene rings is 1. The fourth-order valence-corrected chi connectivity index (χ4v) is 18.3. The second-order valence-electron chi connectivity index (χ2n) is 32.3. The van der Waals surface area contributed by atoms with Gasteiger partial charge in [-0.3, -0.25) is 0 Å². The van der Waals surface area contributed by atoms with Gasteiger partial charge >= 0.3 is 0 Å². The lowest BCUT2D eigenvalue weighted by Gasteiger charge is -2.45. The Morgan fingerprint density at radius 2 is 0.750 bits per heavy atom. The number of fused-ring (bicyclic) bond motifs is 13. The number of anilines is 6. The summed E-state index contributed by atoms with van der Waals surface area (Å²) in [7, 11) is 0. The molecule has 2 aliphatic heterocycles. The summed E-state index contributed by atoms with van der Waals surface area (Å²) in [4.78, 5) is 5.03. The zero-order valence-corrected chi connectivity index (χ0v) is 62.6. The number of hydrogen-bond acceptors (Lipinski definition) is 3. The van der Waals surface area contributed by atoms with Gasteiger partial charge in [-0.1, -0.05) is 274 Å². The molecule has 3 aromatic heterocycles. The molecule has 0 radical (unpaired) electrons. The van der Waals surface area contributed by atoms with E-state index in [1.807, 2.05) is 18.2 Å². The first-order chi connectivity index (χ1) is 55.8. The van der Waals surface area contributed by atoms with E-state index in [0.29, 0.717) is 5.69 Å². The number of rotatable bonds is 9. The Labute approximate surface area is 648 Å². The molecule has 0 bridgehead atoms. The van der Waals surface area contributed by atoms with Crippen molar-refractivity contribution in [3.05, 3.63) is 344 Å². The van der Waals surface area contributed by atoms with E-state index < -0.39 is 43.0 Å². The average Bonchev–Trinajstić information content (AvgIpc) is 1.51. The summed E-state index contributed by atoms with van der Waals surface area (Å²) >= 11 is 1.79. The highest BCUT2D eigenvalue weighted by Crippen LogP contribution is 2.55. The molecule has 6 heteroatoms. The molecule has 0 saturated carbocycles. The fraction of sp³-hybridized carbons (Fsp3) is 0.118. The smallest absolute Gasteiger partial charge is 0.252 e. The highest BCUT2D eigenvalue weighted by Gasteiger charge is 2.46. The topological polar surface area (TPSA) is 16.3 Å². The van der Waals surface area contributed by atoms with Crippen LogP contribution in [0.15, 0.2) is 327 Å². The van der Waals surface area contributed by atoms with Crippen molar-refractivity contribution < 1.29 is 11.0 Å². The van der Waals surface area contributed by atoms with Crippen molar-refractivity contribution in [1.82, 2.24) is 9.13 Å². The van der Waals surface area contributed by atoms with Gasteiger partial charge in [-0.2, -0.15) is 0 Å². The van der Waals surface area contributed by atoms with Crippen LogP contribution >= 0.6 is 11.3 Å². The van der Waals surface area contributed by atoms with E-state index in [0.717, 1.165) is 138 Å². The van der Waals surface area contributed by atoms with Crippen LogP contribution in [0.1, 0.15) is 90.0 Å². The van der Waals surface area contributed by atoms with Gasteiger partial charge in [0.1, 0.15) is 0 Å². The monoisotopic (exact) mass is 1410 g/mol. The Morgan fingerprint density at radius 3 is 1.27 bits per heavy atom. The van der Waals surface area contributed by atoms with Crippen LogP contribution in [-0.2, 0) is 16.2 Å². The minimum absolute atomic E-state index is 0.00955. The van der Waals surface area contributed by atoms with Crippen molar-refractivity contribution >= 4 is 132 Å². The summed E-state index contributed by atoms with van der Waals surface area (Å²) in [6.07, 6.45) is 0. The van der Waals surface area contributed by atoms with Gasteiger partial charge in [-0.25, -0.2) is 0 Å². The number of benzene rings is 15. The molecule has 0 amide bonds. The maximum atomic E-state index is 9.90. The molecule has 518 valence electrons. The van der Waals surface area contributed by atoms with E-state index >= 15 is 0 Å². The predicted octanol–water partition coefficient (Wildman–Crippen LogP) is 26.6. The summed E-state index contributed by atoms with van der Waals surface area (Å²) in [6, 6.07) is 98.8. The summed E-state index contributed by atoms with van der Waals surface area (Å²) in [5, 5.41) is 4.67. The summed E-state index contributed by atoms with van der Waals surface area (Å²) in [5.41, 5.74) is 25.4. The Morgan fingerprint density at radius 1 is 0.296 bits per heavy atom. The molecular formula is C102H81BN4S. The van der Waals surface area contributed by atoms with E-state index in [-0.39, 0.29) is 50.1 Å². The molecule has 18 aromatic rings. The van der Waals surface area contributed by atoms with Crippen LogP contribution in [0.25, 0.3) is 131 Å². The van der Waals surface area contributed by atoms with E-state index in [1.165, 1.54) is 32.2 Å². The third-order valence-corrected chi connectivity index (χ3v) is 23.7.